The average Bonchev–Trinajstić information content (AvgIpc) is 3.17. The standard InChI is InChI=1S/C22H19F2N5OS2/c1-13-11-14(2)29-21(25-13)27-22(28-29)31-12-15-5-3-4-6-18(15)19(30)26-16-7-9-17(10-8-16)32-20(23)24/h3-11,20H,12H2,1-2H3,(H,26,30). The van der Waals surface area contributed by atoms with Crippen LogP contribution in [0, 0.1) is 13.8 Å². The predicted molar refractivity (Wildman–Crippen MR) is 123 cm³/mol. The molecule has 4 aromatic rings. The summed E-state index contributed by atoms with van der Waals surface area (Å²) < 4.78 is 26.6. The van der Waals surface area contributed by atoms with E-state index in [1.807, 2.05) is 32.0 Å². The van der Waals surface area contributed by atoms with Crippen LogP contribution >= 0.6 is 23.5 Å². The van der Waals surface area contributed by atoms with E-state index in [9.17, 15) is 13.6 Å². The van der Waals surface area contributed by atoms with Crippen molar-refractivity contribution in [2.24, 2.45) is 0 Å². The molecule has 0 aliphatic rings. The van der Waals surface area contributed by atoms with Crippen LogP contribution in [0.15, 0.2) is 64.6 Å². The number of aryl methyl sites for hydroxylation is 2. The van der Waals surface area contributed by atoms with E-state index >= 15 is 0 Å². The van der Waals surface area contributed by atoms with E-state index in [1.54, 1.807) is 40.9 Å². The molecule has 2 aromatic heterocycles. The fourth-order valence-electron chi connectivity index (χ4n) is 3.14. The molecule has 2 aromatic carbocycles. The van der Waals surface area contributed by atoms with E-state index in [2.05, 4.69) is 20.4 Å². The fourth-order valence-corrected chi connectivity index (χ4v) is 4.46. The van der Waals surface area contributed by atoms with Crippen molar-refractivity contribution in [1.82, 2.24) is 19.6 Å². The van der Waals surface area contributed by atoms with Gasteiger partial charge in [-0.2, -0.15) is 13.8 Å². The summed E-state index contributed by atoms with van der Waals surface area (Å²) in [4.78, 5) is 22.1. The summed E-state index contributed by atoms with van der Waals surface area (Å²) in [5.41, 5.74) is 3.72. The van der Waals surface area contributed by atoms with Crippen LogP contribution in [-0.4, -0.2) is 31.2 Å². The van der Waals surface area contributed by atoms with Gasteiger partial charge in [0.25, 0.3) is 17.4 Å². The molecule has 32 heavy (non-hydrogen) atoms. The highest BCUT2D eigenvalue weighted by atomic mass is 32.2. The van der Waals surface area contributed by atoms with Gasteiger partial charge in [0.05, 0.1) is 0 Å². The number of aromatic nitrogens is 4. The number of amides is 1. The zero-order chi connectivity index (χ0) is 22.7. The first-order chi connectivity index (χ1) is 15.4. The van der Waals surface area contributed by atoms with E-state index in [-0.39, 0.29) is 5.91 Å². The molecule has 164 valence electrons. The number of halogens is 2. The first-order valence-corrected chi connectivity index (χ1v) is 11.5. The summed E-state index contributed by atoms with van der Waals surface area (Å²) in [6.07, 6.45) is 0. The summed E-state index contributed by atoms with van der Waals surface area (Å²) in [5, 5.41) is 7.89. The van der Waals surface area contributed by atoms with Crippen LogP contribution in [-0.2, 0) is 5.75 Å². The lowest BCUT2D eigenvalue weighted by Crippen LogP contribution is -2.14. The maximum atomic E-state index is 12.8. The number of hydrogen-bond acceptors (Lipinski definition) is 6. The third-order valence-electron chi connectivity index (χ3n) is 4.55. The third-order valence-corrected chi connectivity index (χ3v) is 6.16. The lowest BCUT2D eigenvalue weighted by Gasteiger charge is -2.10. The van der Waals surface area contributed by atoms with Crippen LogP contribution < -0.4 is 5.32 Å². The lowest BCUT2D eigenvalue weighted by atomic mass is 10.1. The summed E-state index contributed by atoms with van der Waals surface area (Å²) in [6.45, 7) is 3.86. The quantitative estimate of drug-likeness (QED) is 0.354. The molecule has 0 saturated carbocycles. The third kappa shape index (κ3) is 5.25. The molecule has 0 atom stereocenters. The second-order valence-corrected chi connectivity index (χ2v) is 8.95. The molecule has 1 amide bonds. The number of thioether (sulfide) groups is 2. The summed E-state index contributed by atoms with van der Waals surface area (Å²) in [5.74, 6) is -1.70. The molecule has 0 bridgehead atoms. The van der Waals surface area contributed by atoms with Gasteiger partial charge in [-0.1, -0.05) is 41.7 Å². The fraction of sp³-hybridized carbons (Fsp3) is 0.182. The Kier molecular flexibility index (Phi) is 6.71. The van der Waals surface area contributed by atoms with Gasteiger partial charge in [0.2, 0.25) is 5.16 Å². The number of carbonyl (C=O) groups is 1. The summed E-state index contributed by atoms with van der Waals surface area (Å²) in [7, 11) is 0. The highest BCUT2D eigenvalue weighted by molar-refractivity contribution is 7.99. The second-order valence-electron chi connectivity index (χ2n) is 6.95. The van der Waals surface area contributed by atoms with E-state index < -0.39 is 5.76 Å². The molecule has 4 rings (SSSR count). The first kappa shape index (κ1) is 22.2. The molecule has 0 aliphatic carbocycles. The van der Waals surface area contributed by atoms with E-state index in [1.165, 1.54) is 11.8 Å². The average molecular weight is 472 g/mol. The van der Waals surface area contributed by atoms with Crippen LogP contribution in [0.3, 0.4) is 0 Å². The number of fused-ring (bicyclic) bond motifs is 1. The number of alkyl halides is 2. The van der Waals surface area contributed by atoms with Crippen molar-refractivity contribution in [3.63, 3.8) is 0 Å². The second kappa shape index (κ2) is 9.66. The van der Waals surface area contributed by atoms with Gasteiger partial charge >= 0.3 is 0 Å². The van der Waals surface area contributed by atoms with Gasteiger partial charge < -0.3 is 5.32 Å². The molecule has 0 unspecified atom stereocenters. The van der Waals surface area contributed by atoms with E-state index in [0.29, 0.717) is 44.6 Å². The number of benzene rings is 2. The summed E-state index contributed by atoms with van der Waals surface area (Å²) >= 11 is 1.89. The Balaban J connectivity index is 1.46. The molecule has 0 spiro atoms. The monoisotopic (exact) mass is 471 g/mol. The van der Waals surface area contributed by atoms with Gasteiger partial charge in [-0.15, -0.1) is 5.10 Å². The SMILES string of the molecule is Cc1cc(C)n2nc(SCc3ccccc3C(=O)Nc3ccc(SC(F)F)cc3)nc2n1. The molecule has 0 fully saturated rings. The Morgan fingerprint density at radius 3 is 2.59 bits per heavy atom. The highest BCUT2D eigenvalue weighted by Crippen LogP contribution is 2.27. The molecule has 6 nitrogen and oxygen atoms in total. The van der Waals surface area contributed by atoms with Crippen LogP contribution in [0.2, 0.25) is 0 Å². The van der Waals surface area contributed by atoms with Gasteiger partial charge in [-0.25, -0.2) is 9.50 Å². The minimum Gasteiger partial charge on any atom is -0.322 e. The van der Waals surface area contributed by atoms with Crippen molar-refractivity contribution in [3.05, 3.63) is 77.1 Å². The largest absolute Gasteiger partial charge is 0.322 e. The van der Waals surface area contributed by atoms with E-state index in [0.717, 1.165) is 17.0 Å². The predicted octanol–water partition coefficient (Wildman–Crippen LogP) is 5.60. The number of nitrogens with one attached hydrogen (secondary N) is 1. The maximum Gasteiger partial charge on any atom is 0.288 e. The van der Waals surface area contributed by atoms with Gasteiger partial charge in [0, 0.05) is 33.3 Å². The molecular weight excluding hydrogens is 452 g/mol. The Morgan fingerprint density at radius 1 is 1.09 bits per heavy atom. The molecule has 10 heteroatoms. The zero-order valence-corrected chi connectivity index (χ0v) is 18.9. The van der Waals surface area contributed by atoms with Gasteiger partial charge in [-0.3, -0.25) is 4.79 Å². The molecule has 0 radical (unpaired) electrons. The molecule has 0 saturated heterocycles. The molecule has 2 heterocycles. The topological polar surface area (TPSA) is 72.2 Å². The first-order valence-electron chi connectivity index (χ1n) is 9.67. The number of anilines is 1. The molecule has 0 aliphatic heterocycles. The minimum atomic E-state index is -2.48. The van der Waals surface area contributed by atoms with Crippen LogP contribution in [0.25, 0.3) is 5.78 Å². The van der Waals surface area contributed by atoms with Crippen molar-refractivity contribution in [1.29, 1.82) is 0 Å². The van der Waals surface area contributed by atoms with Crippen LogP contribution in [0.5, 0.6) is 0 Å². The Morgan fingerprint density at radius 2 is 1.84 bits per heavy atom. The smallest absolute Gasteiger partial charge is 0.288 e. The van der Waals surface area contributed by atoms with Crippen molar-refractivity contribution in [2.75, 3.05) is 5.32 Å². The van der Waals surface area contributed by atoms with Gasteiger partial charge in [-0.05, 0) is 55.8 Å². The van der Waals surface area contributed by atoms with Crippen LogP contribution in [0.1, 0.15) is 27.3 Å². The van der Waals surface area contributed by atoms with Crippen molar-refractivity contribution < 1.29 is 13.6 Å². The van der Waals surface area contributed by atoms with Crippen molar-refractivity contribution in [3.8, 4) is 0 Å². The number of rotatable bonds is 7. The normalized spacial score (nSPS) is 11.3. The Bertz CT molecular complexity index is 1260. The van der Waals surface area contributed by atoms with Crippen molar-refractivity contribution >= 4 is 40.9 Å². The number of hydrogen-bond donors (Lipinski definition) is 1. The maximum absolute atomic E-state index is 12.8. The van der Waals surface area contributed by atoms with E-state index in [4.69, 9.17) is 0 Å². The molecule has 1 N–H and O–H groups in total. The van der Waals surface area contributed by atoms with Crippen molar-refractivity contribution in [2.45, 2.75) is 35.4 Å². The lowest BCUT2D eigenvalue weighted by molar-refractivity contribution is 0.102. The summed E-state index contributed by atoms with van der Waals surface area (Å²) in [6, 6.07) is 15.6. The molecular formula is C22H19F2N5OS2. The number of carbonyl (C=O) groups excluding carboxylic acids is 1. The zero-order valence-electron chi connectivity index (χ0n) is 17.3. The Labute approximate surface area is 191 Å². The van der Waals surface area contributed by atoms with Gasteiger partial charge in [0.15, 0.2) is 0 Å². The minimum absolute atomic E-state index is 0.272. The Hall–Kier alpha value is -2.98. The number of nitrogens with zero attached hydrogens (tertiary/aromatic N) is 4. The van der Waals surface area contributed by atoms with Gasteiger partial charge in [0.1, 0.15) is 0 Å². The highest BCUT2D eigenvalue weighted by Gasteiger charge is 2.14. The van der Waals surface area contributed by atoms with Crippen LogP contribution in [0.4, 0.5) is 14.5 Å².